The summed E-state index contributed by atoms with van der Waals surface area (Å²) in [6.45, 7) is 1.06. The van der Waals surface area contributed by atoms with Crippen molar-refractivity contribution in [1.29, 1.82) is 0 Å². The van der Waals surface area contributed by atoms with Crippen LogP contribution < -0.4 is 10.1 Å². The van der Waals surface area contributed by atoms with E-state index in [1.165, 1.54) is 12.3 Å². The van der Waals surface area contributed by atoms with Crippen LogP contribution in [0.2, 0.25) is 0 Å². The molecule has 2 aromatic rings. The van der Waals surface area contributed by atoms with Crippen molar-refractivity contribution >= 4 is 11.6 Å². The topological polar surface area (TPSA) is 51.2 Å². The normalized spacial score (nSPS) is 10.5. The Balaban J connectivity index is 2.10. The molecule has 21 heavy (non-hydrogen) atoms. The van der Waals surface area contributed by atoms with Gasteiger partial charge in [0.25, 0.3) is 12.3 Å². The second-order valence-corrected chi connectivity index (χ2v) is 4.38. The number of hydrogen-bond donors (Lipinski definition) is 1. The Kier molecular flexibility index (Phi) is 4.81. The smallest absolute Gasteiger partial charge is 0.272 e. The lowest BCUT2D eigenvalue weighted by molar-refractivity contribution is 0.0815. The lowest BCUT2D eigenvalue weighted by Crippen LogP contribution is -2.13. The van der Waals surface area contributed by atoms with E-state index in [2.05, 4.69) is 10.3 Å². The maximum Gasteiger partial charge on any atom is 0.272 e. The van der Waals surface area contributed by atoms with E-state index in [4.69, 9.17) is 4.74 Å². The van der Waals surface area contributed by atoms with E-state index in [0.717, 1.165) is 5.56 Å². The number of amides is 1. The summed E-state index contributed by atoms with van der Waals surface area (Å²) in [5.41, 5.74) is 1.60. The van der Waals surface area contributed by atoms with Gasteiger partial charge in [0, 0.05) is 24.1 Å². The summed E-state index contributed by atoms with van der Waals surface area (Å²) in [5, 5.41) is 2.67. The van der Waals surface area contributed by atoms with Crippen LogP contribution in [0.3, 0.4) is 0 Å². The highest BCUT2D eigenvalue weighted by Crippen LogP contribution is 2.23. The Morgan fingerprint density at radius 3 is 2.86 bits per heavy atom. The monoisotopic (exact) mass is 292 g/mol. The van der Waals surface area contributed by atoms with Gasteiger partial charge in [-0.05, 0) is 30.7 Å². The van der Waals surface area contributed by atoms with E-state index >= 15 is 0 Å². The van der Waals surface area contributed by atoms with E-state index in [1.807, 2.05) is 0 Å². The molecule has 4 nitrogen and oxygen atoms in total. The number of halogens is 2. The third-order valence-electron chi connectivity index (χ3n) is 2.73. The Labute approximate surface area is 120 Å². The summed E-state index contributed by atoms with van der Waals surface area (Å²) >= 11 is 0. The number of aromatic nitrogens is 1. The maximum absolute atomic E-state index is 12.2. The number of alkyl halides is 2. The molecule has 0 spiro atoms. The van der Waals surface area contributed by atoms with Crippen LogP contribution in [0.4, 0.5) is 14.5 Å². The van der Waals surface area contributed by atoms with Crippen LogP contribution in [0, 0.1) is 6.92 Å². The molecule has 110 valence electrons. The molecule has 0 unspecified atom stereocenters. The quantitative estimate of drug-likeness (QED) is 0.920. The zero-order chi connectivity index (χ0) is 15.2. The van der Waals surface area contributed by atoms with Crippen molar-refractivity contribution in [3.8, 4) is 5.75 Å². The van der Waals surface area contributed by atoms with Crippen LogP contribution in [0.25, 0.3) is 0 Å². The number of nitrogens with zero attached hydrogens (tertiary/aromatic N) is 1. The first kappa shape index (κ1) is 14.9. The van der Waals surface area contributed by atoms with Crippen LogP contribution in [-0.4, -0.2) is 23.9 Å². The van der Waals surface area contributed by atoms with Gasteiger partial charge in [-0.2, -0.15) is 0 Å². The second-order valence-electron chi connectivity index (χ2n) is 4.38. The number of hydrogen-bond acceptors (Lipinski definition) is 3. The summed E-state index contributed by atoms with van der Waals surface area (Å²) in [4.78, 5) is 15.8. The van der Waals surface area contributed by atoms with Crippen molar-refractivity contribution in [2.45, 2.75) is 13.3 Å². The zero-order valence-corrected chi connectivity index (χ0v) is 11.3. The van der Waals surface area contributed by atoms with Crippen LogP contribution in [-0.2, 0) is 0 Å². The molecular weight excluding hydrogens is 278 g/mol. The van der Waals surface area contributed by atoms with Crippen molar-refractivity contribution in [2.24, 2.45) is 0 Å². The minimum atomic E-state index is -2.54. The fourth-order valence-corrected chi connectivity index (χ4v) is 1.69. The van der Waals surface area contributed by atoms with Crippen molar-refractivity contribution in [2.75, 3.05) is 11.9 Å². The molecule has 1 amide bonds. The highest BCUT2D eigenvalue weighted by Gasteiger charge is 2.09. The van der Waals surface area contributed by atoms with E-state index in [-0.39, 0.29) is 5.91 Å². The molecule has 6 heteroatoms. The van der Waals surface area contributed by atoms with Gasteiger partial charge in [-0.3, -0.25) is 9.78 Å². The molecule has 0 fully saturated rings. The number of aryl methyl sites for hydroxylation is 1. The average Bonchev–Trinajstić information content (AvgIpc) is 2.48. The van der Waals surface area contributed by atoms with Gasteiger partial charge in [0.2, 0.25) is 0 Å². The Bertz CT molecular complexity index is 618. The number of carbonyl (C=O) groups excluding carboxylic acids is 1. The molecule has 0 atom stereocenters. The maximum atomic E-state index is 12.2. The van der Waals surface area contributed by atoms with E-state index < -0.39 is 13.0 Å². The van der Waals surface area contributed by atoms with E-state index in [9.17, 15) is 13.6 Å². The van der Waals surface area contributed by atoms with Crippen LogP contribution in [0.1, 0.15) is 15.9 Å². The number of carbonyl (C=O) groups is 1. The molecule has 0 aliphatic rings. The highest BCUT2D eigenvalue weighted by atomic mass is 19.3. The van der Waals surface area contributed by atoms with Crippen molar-refractivity contribution in [3.63, 3.8) is 0 Å². The molecule has 2 rings (SSSR count). The molecule has 0 saturated heterocycles. The first-order chi connectivity index (χ1) is 10.1. The predicted molar refractivity (Wildman–Crippen MR) is 74.9 cm³/mol. The molecular formula is C15H14F2N2O2. The zero-order valence-electron chi connectivity index (χ0n) is 11.3. The fourth-order valence-electron chi connectivity index (χ4n) is 1.69. The number of anilines is 1. The number of nitrogens with one attached hydrogen (secondary N) is 1. The summed E-state index contributed by atoms with van der Waals surface area (Å²) in [7, 11) is 0. The molecule has 1 N–H and O–H groups in total. The minimum absolute atomic E-state index is 0.319. The minimum Gasteiger partial charge on any atom is -0.487 e. The number of benzene rings is 1. The van der Waals surface area contributed by atoms with Gasteiger partial charge >= 0.3 is 0 Å². The van der Waals surface area contributed by atoms with Crippen LogP contribution >= 0.6 is 0 Å². The van der Waals surface area contributed by atoms with Crippen LogP contribution in [0.5, 0.6) is 5.75 Å². The van der Waals surface area contributed by atoms with Gasteiger partial charge in [0.05, 0.1) is 5.56 Å². The molecule has 0 aliphatic heterocycles. The Morgan fingerprint density at radius 1 is 1.38 bits per heavy atom. The summed E-state index contributed by atoms with van der Waals surface area (Å²) in [6, 6.07) is 8.18. The first-order valence-corrected chi connectivity index (χ1v) is 6.29. The van der Waals surface area contributed by atoms with Gasteiger partial charge < -0.3 is 10.1 Å². The van der Waals surface area contributed by atoms with Gasteiger partial charge in [-0.15, -0.1) is 0 Å². The van der Waals surface area contributed by atoms with Crippen molar-refractivity contribution in [3.05, 3.63) is 53.9 Å². The molecule has 1 aromatic carbocycles. The third kappa shape index (κ3) is 4.24. The Morgan fingerprint density at radius 2 is 2.19 bits per heavy atom. The van der Waals surface area contributed by atoms with E-state index in [1.54, 1.807) is 37.4 Å². The van der Waals surface area contributed by atoms with E-state index in [0.29, 0.717) is 17.0 Å². The standard InChI is InChI=1S/C15H14F2N2O2/c1-10-4-5-12(7-13(10)21-9-14(16)17)19-15(20)11-3-2-6-18-8-11/h2-8,14H,9H2,1H3,(H,19,20). The predicted octanol–water partition coefficient (Wildman–Crippen LogP) is 3.29. The molecule has 1 heterocycles. The van der Waals surface area contributed by atoms with Gasteiger partial charge in [0.15, 0.2) is 0 Å². The lowest BCUT2D eigenvalue weighted by atomic mass is 10.2. The molecule has 0 bridgehead atoms. The summed E-state index contributed by atoms with van der Waals surface area (Å²) in [5.74, 6) is -0.00829. The van der Waals surface area contributed by atoms with Gasteiger partial charge in [-0.25, -0.2) is 8.78 Å². The number of pyridine rings is 1. The van der Waals surface area contributed by atoms with Crippen molar-refractivity contribution in [1.82, 2.24) is 4.98 Å². The number of rotatable bonds is 5. The van der Waals surface area contributed by atoms with Crippen molar-refractivity contribution < 1.29 is 18.3 Å². The highest BCUT2D eigenvalue weighted by molar-refractivity contribution is 6.04. The van der Waals surface area contributed by atoms with Crippen LogP contribution in [0.15, 0.2) is 42.7 Å². The Hall–Kier alpha value is -2.50. The fraction of sp³-hybridized carbons (Fsp3) is 0.200. The molecule has 0 radical (unpaired) electrons. The molecule has 1 aromatic heterocycles. The second kappa shape index (κ2) is 6.78. The number of ether oxygens (including phenoxy) is 1. The summed E-state index contributed by atoms with van der Waals surface area (Å²) in [6.07, 6.45) is 0.467. The SMILES string of the molecule is Cc1ccc(NC(=O)c2cccnc2)cc1OCC(F)F. The largest absolute Gasteiger partial charge is 0.487 e. The van der Waals surface area contributed by atoms with Gasteiger partial charge in [0.1, 0.15) is 12.4 Å². The summed E-state index contributed by atoms with van der Waals surface area (Å²) < 4.78 is 29.4. The van der Waals surface area contributed by atoms with Gasteiger partial charge in [-0.1, -0.05) is 6.07 Å². The average molecular weight is 292 g/mol. The lowest BCUT2D eigenvalue weighted by Gasteiger charge is -2.11. The molecule has 0 saturated carbocycles. The third-order valence-corrected chi connectivity index (χ3v) is 2.73. The molecule has 0 aliphatic carbocycles. The first-order valence-electron chi connectivity index (χ1n) is 6.29.